The Hall–Kier alpha value is -3.99. The van der Waals surface area contributed by atoms with Crippen LogP contribution in [0.25, 0.3) is 21.8 Å². The highest BCUT2D eigenvalue weighted by atomic mass is 16.5. The van der Waals surface area contributed by atoms with Crippen LogP contribution in [0.2, 0.25) is 0 Å². The molecule has 5 nitrogen and oxygen atoms in total. The van der Waals surface area contributed by atoms with Crippen molar-refractivity contribution in [1.29, 1.82) is 0 Å². The summed E-state index contributed by atoms with van der Waals surface area (Å²) < 4.78 is 19.2. The zero-order valence-electron chi connectivity index (χ0n) is 18.8. The summed E-state index contributed by atoms with van der Waals surface area (Å²) in [7, 11) is 3.30. The van der Waals surface area contributed by atoms with E-state index in [9.17, 15) is 0 Å². The number of nitrogens with zero attached hydrogens (tertiary/aromatic N) is 2. The molecule has 0 atom stereocenters. The fourth-order valence-corrected chi connectivity index (χ4v) is 4.19. The summed E-state index contributed by atoms with van der Waals surface area (Å²) in [5.41, 5.74) is 3.20. The molecular formula is C28H26N2O3. The molecule has 0 aliphatic carbocycles. The van der Waals surface area contributed by atoms with E-state index in [4.69, 9.17) is 19.2 Å². The Balaban J connectivity index is 1.38. The van der Waals surface area contributed by atoms with Gasteiger partial charge in [0.1, 0.15) is 18.2 Å². The first-order valence-corrected chi connectivity index (χ1v) is 11.0. The molecule has 0 N–H and O–H groups in total. The van der Waals surface area contributed by atoms with E-state index >= 15 is 0 Å². The lowest BCUT2D eigenvalue weighted by molar-refractivity contribution is 0.299. The van der Waals surface area contributed by atoms with Gasteiger partial charge in [-0.15, -0.1) is 0 Å². The van der Waals surface area contributed by atoms with Crippen LogP contribution in [0, 0.1) is 0 Å². The second-order valence-electron chi connectivity index (χ2n) is 7.89. The topological polar surface area (TPSA) is 45.5 Å². The van der Waals surface area contributed by atoms with E-state index in [0.717, 1.165) is 39.7 Å². The minimum atomic E-state index is 0.553. The number of methoxy groups -OCH3 is 2. The molecule has 0 saturated carbocycles. The largest absolute Gasteiger partial charge is 0.493 e. The first kappa shape index (κ1) is 20.9. The number of aromatic nitrogens is 2. The van der Waals surface area contributed by atoms with Crippen molar-refractivity contribution in [2.75, 3.05) is 20.8 Å². The van der Waals surface area contributed by atoms with E-state index < -0.39 is 0 Å². The number of hydrogen-bond acceptors (Lipinski definition) is 4. The Kier molecular flexibility index (Phi) is 5.85. The van der Waals surface area contributed by atoms with E-state index in [2.05, 4.69) is 41.0 Å². The second kappa shape index (κ2) is 9.25. The maximum atomic E-state index is 6.12. The van der Waals surface area contributed by atoms with E-state index in [1.54, 1.807) is 14.2 Å². The van der Waals surface area contributed by atoms with Crippen LogP contribution in [0.3, 0.4) is 0 Å². The summed E-state index contributed by atoms with van der Waals surface area (Å²) in [4.78, 5) is 4.91. The highest BCUT2D eigenvalue weighted by molar-refractivity contribution is 5.83. The normalized spacial score (nSPS) is 11.1. The van der Waals surface area contributed by atoms with Gasteiger partial charge in [0.15, 0.2) is 11.5 Å². The fourth-order valence-electron chi connectivity index (χ4n) is 4.19. The number of ether oxygens (including phenoxy) is 3. The van der Waals surface area contributed by atoms with Crippen LogP contribution in [0.15, 0.2) is 84.9 Å². The summed E-state index contributed by atoms with van der Waals surface area (Å²) in [5, 5.41) is 2.39. The molecule has 0 aliphatic rings. The third-order valence-corrected chi connectivity index (χ3v) is 5.85. The highest BCUT2D eigenvalue weighted by Crippen LogP contribution is 2.29. The van der Waals surface area contributed by atoms with Gasteiger partial charge in [-0.05, 0) is 52.7 Å². The fraction of sp³-hybridized carbons (Fsp3) is 0.179. The average molecular weight is 439 g/mol. The predicted molar refractivity (Wildman–Crippen MR) is 132 cm³/mol. The van der Waals surface area contributed by atoms with Crippen molar-refractivity contribution >= 4 is 21.8 Å². The minimum absolute atomic E-state index is 0.553. The predicted octanol–water partition coefficient (Wildman–Crippen LogP) is 5.88. The molecule has 0 fully saturated rings. The molecule has 5 heteroatoms. The quantitative estimate of drug-likeness (QED) is 0.304. The van der Waals surface area contributed by atoms with Crippen LogP contribution >= 0.6 is 0 Å². The molecule has 0 aliphatic heterocycles. The molecule has 0 radical (unpaired) electrons. The summed E-state index contributed by atoms with van der Waals surface area (Å²) >= 11 is 0. The first-order chi connectivity index (χ1) is 16.2. The van der Waals surface area contributed by atoms with Crippen LogP contribution in [0.4, 0.5) is 0 Å². The van der Waals surface area contributed by atoms with Crippen molar-refractivity contribution in [3.05, 3.63) is 96.3 Å². The monoisotopic (exact) mass is 438 g/mol. The van der Waals surface area contributed by atoms with Gasteiger partial charge >= 0.3 is 0 Å². The summed E-state index contributed by atoms with van der Waals surface area (Å²) in [5.74, 6) is 3.31. The summed E-state index contributed by atoms with van der Waals surface area (Å²) in [6.07, 6.45) is 0.686. The molecular weight excluding hydrogens is 412 g/mol. The molecule has 5 aromatic rings. The summed E-state index contributed by atoms with van der Waals surface area (Å²) in [6, 6.07) is 28.7. The lowest BCUT2D eigenvalue weighted by atomic mass is 10.1. The second-order valence-corrected chi connectivity index (χ2v) is 7.89. The Labute approximate surface area is 193 Å². The van der Waals surface area contributed by atoms with Gasteiger partial charge in [0.25, 0.3) is 0 Å². The van der Waals surface area contributed by atoms with Crippen molar-refractivity contribution < 1.29 is 14.2 Å². The van der Waals surface area contributed by atoms with E-state index in [1.807, 2.05) is 48.5 Å². The molecule has 166 valence electrons. The number of hydrogen-bond donors (Lipinski definition) is 0. The Bertz CT molecular complexity index is 1410. The van der Waals surface area contributed by atoms with Gasteiger partial charge in [-0.3, -0.25) is 0 Å². The lowest BCUT2D eigenvalue weighted by Crippen LogP contribution is -2.11. The third-order valence-electron chi connectivity index (χ3n) is 5.85. The summed E-state index contributed by atoms with van der Waals surface area (Å²) in [6.45, 7) is 1.26. The number of rotatable bonds is 8. The van der Waals surface area contributed by atoms with E-state index in [-0.39, 0.29) is 0 Å². The third kappa shape index (κ3) is 4.35. The van der Waals surface area contributed by atoms with Gasteiger partial charge in [0.2, 0.25) is 0 Å². The van der Waals surface area contributed by atoms with Crippen molar-refractivity contribution in [3.63, 3.8) is 0 Å². The first-order valence-electron chi connectivity index (χ1n) is 11.0. The van der Waals surface area contributed by atoms with E-state index in [1.165, 1.54) is 10.8 Å². The SMILES string of the molecule is COc1ccc(Cc2nc3ccccc3n2CCOc2ccc3ccccc3c2)cc1OC. The molecule has 0 saturated heterocycles. The van der Waals surface area contributed by atoms with Crippen LogP contribution in [0.1, 0.15) is 11.4 Å². The van der Waals surface area contributed by atoms with Crippen molar-refractivity contribution in [1.82, 2.24) is 9.55 Å². The lowest BCUT2D eigenvalue weighted by Gasteiger charge is -2.13. The van der Waals surface area contributed by atoms with Crippen LogP contribution in [-0.2, 0) is 13.0 Å². The number of benzene rings is 4. The zero-order valence-corrected chi connectivity index (χ0v) is 18.8. The van der Waals surface area contributed by atoms with Gasteiger partial charge in [-0.25, -0.2) is 4.98 Å². The minimum Gasteiger partial charge on any atom is -0.493 e. The standard InChI is InChI=1S/C28H26N2O3/c1-31-26-14-11-20(17-27(26)32-2)18-28-29-24-9-5-6-10-25(24)30(28)15-16-33-23-13-12-21-7-3-4-8-22(21)19-23/h3-14,17,19H,15-16,18H2,1-2H3. The Morgan fingerprint density at radius 3 is 2.39 bits per heavy atom. The van der Waals surface area contributed by atoms with Crippen LogP contribution < -0.4 is 14.2 Å². The molecule has 1 heterocycles. The van der Waals surface area contributed by atoms with Crippen molar-refractivity contribution in [2.45, 2.75) is 13.0 Å². The maximum absolute atomic E-state index is 6.12. The van der Waals surface area contributed by atoms with Gasteiger partial charge in [0.05, 0.1) is 31.8 Å². The average Bonchev–Trinajstić information content (AvgIpc) is 3.20. The molecule has 0 unspecified atom stereocenters. The van der Waals surface area contributed by atoms with Gasteiger partial charge in [-0.1, -0.05) is 48.5 Å². The van der Waals surface area contributed by atoms with Crippen LogP contribution in [-0.4, -0.2) is 30.4 Å². The Morgan fingerprint density at radius 1 is 0.758 bits per heavy atom. The molecule has 0 amide bonds. The molecule has 0 bridgehead atoms. The van der Waals surface area contributed by atoms with E-state index in [0.29, 0.717) is 19.6 Å². The number of imidazole rings is 1. The highest BCUT2D eigenvalue weighted by Gasteiger charge is 2.13. The number of para-hydroxylation sites is 2. The van der Waals surface area contributed by atoms with Gasteiger partial charge < -0.3 is 18.8 Å². The van der Waals surface area contributed by atoms with Gasteiger partial charge in [-0.2, -0.15) is 0 Å². The van der Waals surface area contributed by atoms with Crippen molar-refractivity contribution in [3.8, 4) is 17.2 Å². The van der Waals surface area contributed by atoms with Crippen LogP contribution in [0.5, 0.6) is 17.2 Å². The molecule has 5 rings (SSSR count). The maximum Gasteiger partial charge on any atom is 0.161 e. The zero-order chi connectivity index (χ0) is 22.6. The molecule has 0 spiro atoms. The molecule has 33 heavy (non-hydrogen) atoms. The Morgan fingerprint density at radius 2 is 1.55 bits per heavy atom. The van der Waals surface area contributed by atoms with Gasteiger partial charge in [0, 0.05) is 6.42 Å². The number of fused-ring (bicyclic) bond motifs is 2. The molecule has 4 aromatic carbocycles. The van der Waals surface area contributed by atoms with Crippen molar-refractivity contribution in [2.24, 2.45) is 0 Å². The smallest absolute Gasteiger partial charge is 0.161 e. The molecule has 1 aromatic heterocycles.